The standard InChI is InChI=1S/C14H21F2NO/c1-3-4-5-10(2)17-9-14(18)11-6-7-12(15)13(16)8-11/h6-8,10,14,17-18H,3-5,9H2,1-2H3. The summed E-state index contributed by atoms with van der Waals surface area (Å²) < 4.78 is 25.7. The van der Waals surface area contributed by atoms with Gasteiger partial charge in [0.2, 0.25) is 0 Å². The monoisotopic (exact) mass is 257 g/mol. The van der Waals surface area contributed by atoms with Gasteiger partial charge < -0.3 is 10.4 Å². The molecular weight excluding hydrogens is 236 g/mol. The molecular formula is C14H21F2NO. The number of nitrogens with one attached hydrogen (secondary N) is 1. The van der Waals surface area contributed by atoms with Gasteiger partial charge in [-0.3, -0.25) is 0 Å². The second-order valence-corrected chi connectivity index (χ2v) is 4.64. The van der Waals surface area contributed by atoms with Crippen molar-refractivity contribution in [1.29, 1.82) is 0 Å². The molecule has 1 aromatic rings. The first-order valence-corrected chi connectivity index (χ1v) is 6.41. The number of hydrogen-bond donors (Lipinski definition) is 2. The lowest BCUT2D eigenvalue weighted by atomic mass is 10.1. The zero-order valence-corrected chi connectivity index (χ0v) is 10.9. The van der Waals surface area contributed by atoms with Crippen molar-refractivity contribution in [3.05, 3.63) is 35.4 Å². The number of hydrogen-bond acceptors (Lipinski definition) is 2. The van der Waals surface area contributed by atoms with Crippen LogP contribution in [0.1, 0.15) is 44.8 Å². The van der Waals surface area contributed by atoms with Gasteiger partial charge in [0.1, 0.15) is 0 Å². The normalized spacial score (nSPS) is 14.5. The molecule has 1 aromatic carbocycles. The first kappa shape index (κ1) is 15.1. The lowest BCUT2D eigenvalue weighted by molar-refractivity contribution is 0.169. The molecule has 0 fully saturated rings. The Bertz CT molecular complexity index is 371. The average molecular weight is 257 g/mol. The van der Waals surface area contributed by atoms with Gasteiger partial charge in [-0.2, -0.15) is 0 Å². The molecule has 0 saturated carbocycles. The summed E-state index contributed by atoms with van der Waals surface area (Å²) in [5, 5.41) is 13.0. The Morgan fingerprint density at radius 2 is 2.00 bits per heavy atom. The van der Waals surface area contributed by atoms with Crippen LogP contribution in [0.25, 0.3) is 0 Å². The number of aliphatic hydroxyl groups excluding tert-OH is 1. The predicted molar refractivity (Wildman–Crippen MR) is 68.3 cm³/mol. The van der Waals surface area contributed by atoms with E-state index in [1.54, 1.807) is 0 Å². The van der Waals surface area contributed by atoms with Gasteiger partial charge in [-0.05, 0) is 31.0 Å². The highest BCUT2D eigenvalue weighted by molar-refractivity contribution is 5.20. The molecule has 0 radical (unpaired) electrons. The van der Waals surface area contributed by atoms with Crippen LogP contribution >= 0.6 is 0 Å². The van der Waals surface area contributed by atoms with Crippen LogP contribution in [0, 0.1) is 11.6 Å². The molecule has 4 heteroatoms. The minimum atomic E-state index is -0.925. The summed E-state index contributed by atoms with van der Waals surface area (Å²) in [6, 6.07) is 3.79. The van der Waals surface area contributed by atoms with E-state index in [1.165, 1.54) is 6.07 Å². The van der Waals surface area contributed by atoms with Crippen LogP contribution in [0.15, 0.2) is 18.2 Å². The third kappa shape index (κ3) is 4.70. The maximum Gasteiger partial charge on any atom is 0.159 e. The SMILES string of the molecule is CCCCC(C)NCC(O)c1ccc(F)c(F)c1. The van der Waals surface area contributed by atoms with Crippen molar-refractivity contribution in [2.24, 2.45) is 0 Å². The molecule has 1 rings (SSSR count). The van der Waals surface area contributed by atoms with Crippen LogP contribution in [-0.4, -0.2) is 17.7 Å². The Kier molecular flexibility index (Phi) is 6.22. The van der Waals surface area contributed by atoms with Gasteiger partial charge in [-0.15, -0.1) is 0 Å². The molecule has 18 heavy (non-hydrogen) atoms. The number of unbranched alkanes of at least 4 members (excludes halogenated alkanes) is 1. The van der Waals surface area contributed by atoms with Crippen molar-refractivity contribution in [2.75, 3.05) is 6.54 Å². The van der Waals surface area contributed by atoms with E-state index in [9.17, 15) is 13.9 Å². The Balaban J connectivity index is 2.44. The van der Waals surface area contributed by atoms with Gasteiger partial charge in [0, 0.05) is 12.6 Å². The topological polar surface area (TPSA) is 32.3 Å². The number of aliphatic hydroxyl groups is 1. The van der Waals surface area contributed by atoms with Gasteiger partial charge in [0.25, 0.3) is 0 Å². The highest BCUT2D eigenvalue weighted by atomic mass is 19.2. The Hall–Kier alpha value is -1.00. The smallest absolute Gasteiger partial charge is 0.159 e. The molecule has 0 aromatic heterocycles. The minimum Gasteiger partial charge on any atom is -0.387 e. The van der Waals surface area contributed by atoms with E-state index < -0.39 is 17.7 Å². The van der Waals surface area contributed by atoms with Gasteiger partial charge in [0.15, 0.2) is 11.6 Å². The molecule has 0 heterocycles. The molecule has 2 N–H and O–H groups in total. The Morgan fingerprint density at radius 1 is 1.28 bits per heavy atom. The van der Waals surface area contributed by atoms with E-state index in [-0.39, 0.29) is 0 Å². The molecule has 0 spiro atoms. The zero-order valence-electron chi connectivity index (χ0n) is 10.9. The van der Waals surface area contributed by atoms with E-state index in [0.717, 1.165) is 31.4 Å². The van der Waals surface area contributed by atoms with Crippen molar-refractivity contribution < 1.29 is 13.9 Å². The predicted octanol–water partition coefficient (Wildman–Crippen LogP) is 3.17. The van der Waals surface area contributed by atoms with Crippen molar-refractivity contribution in [2.45, 2.75) is 45.3 Å². The maximum atomic E-state index is 13.0. The highest BCUT2D eigenvalue weighted by Crippen LogP contribution is 2.16. The van der Waals surface area contributed by atoms with E-state index >= 15 is 0 Å². The molecule has 0 aliphatic carbocycles. The van der Waals surface area contributed by atoms with Crippen molar-refractivity contribution in [1.82, 2.24) is 5.32 Å². The molecule has 2 atom stereocenters. The number of benzene rings is 1. The average Bonchev–Trinajstić information content (AvgIpc) is 2.36. The molecule has 0 amide bonds. The fraction of sp³-hybridized carbons (Fsp3) is 0.571. The first-order valence-electron chi connectivity index (χ1n) is 6.41. The quantitative estimate of drug-likeness (QED) is 0.786. The lowest BCUT2D eigenvalue weighted by Crippen LogP contribution is -2.30. The summed E-state index contributed by atoms with van der Waals surface area (Å²) in [6.07, 6.45) is 2.50. The van der Waals surface area contributed by atoms with Gasteiger partial charge >= 0.3 is 0 Å². The van der Waals surface area contributed by atoms with E-state index in [2.05, 4.69) is 12.2 Å². The molecule has 102 valence electrons. The third-order valence-electron chi connectivity index (χ3n) is 2.98. The van der Waals surface area contributed by atoms with E-state index in [0.29, 0.717) is 18.2 Å². The second kappa shape index (κ2) is 7.44. The third-order valence-corrected chi connectivity index (χ3v) is 2.98. The minimum absolute atomic E-state index is 0.310. The van der Waals surface area contributed by atoms with Crippen LogP contribution in [0.2, 0.25) is 0 Å². The molecule has 0 saturated heterocycles. The number of rotatable bonds is 7. The fourth-order valence-corrected chi connectivity index (χ4v) is 1.76. The van der Waals surface area contributed by atoms with E-state index in [1.807, 2.05) is 6.92 Å². The van der Waals surface area contributed by atoms with Gasteiger partial charge in [-0.1, -0.05) is 25.8 Å². The fourth-order valence-electron chi connectivity index (χ4n) is 1.76. The van der Waals surface area contributed by atoms with Gasteiger partial charge in [-0.25, -0.2) is 8.78 Å². The molecule has 2 unspecified atom stereocenters. The van der Waals surface area contributed by atoms with Crippen LogP contribution in [0.3, 0.4) is 0 Å². The summed E-state index contributed by atoms with van der Waals surface area (Å²) in [6.45, 7) is 4.52. The summed E-state index contributed by atoms with van der Waals surface area (Å²) in [5.41, 5.74) is 0.393. The summed E-state index contributed by atoms with van der Waals surface area (Å²) >= 11 is 0. The maximum absolute atomic E-state index is 13.0. The molecule has 2 nitrogen and oxygen atoms in total. The largest absolute Gasteiger partial charge is 0.387 e. The summed E-state index contributed by atoms with van der Waals surface area (Å²) in [4.78, 5) is 0. The van der Waals surface area contributed by atoms with Crippen LogP contribution in [0.4, 0.5) is 8.78 Å². The van der Waals surface area contributed by atoms with Crippen LogP contribution < -0.4 is 5.32 Å². The van der Waals surface area contributed by atoms with Crippen LogP contribution in [0.5, 0.6) is 0 Å². The lowest BCUT2D eigenvalue weighted by Gasteiger charge is -2.17. The van der Waals surface area contributed by atoms with Crippen molar-refractivity contribution in [3.63, 3.8) is 0 Å². The van der Waals surface area contributed by atoms with Gasteiger partial charge in [0.05, 0.1) is 6.10 Å². The van der Waals surface area contributed by atoms with Crippen molar-refractivity contribution >= 4 is 0 Å². The number of halogens is 2. The summed E-state index contributed by atoms with van der Waals surface area (Å²) in [7, 11) is 0. The molecule has 0 aliphatic heterocycles. The Labute approximate surface area is 107 Å². The highest BCUT2D eigenvalue weighted by Gasteiger charge is 2.11. The second-order valence-electron chi connectivity index (χ2n) is 4.64. The Morgan fingerprint density at radius 3 is 2.61 bits per heavy atom. The molecule has 0 bridgehead atoms. The first-order chi connectivity index (χ1) is 8.54. The van der Waals surface area contributed by atoms with Crippen molar-refractivity contribution in [3.8, 4) is 0 Å². The van der Waals surface area contributed by atoms with Crippen LogP contribution in [-0.2, 0) is 0 Å². The summed E-state index contributed by atoms with van der Waals surface area (Å²) in [5.74, 6) is -1.82. The van der Waals surface area contributed by atoms with E-state index in [4.69, 9.17) is 0 Å². The zero-order chi connectivity index (χ0) is 13.5. The molecule has 0 aliphatic rings.